The lowest BCUT2D eigenvalue weighted by atomic mass is 10.1. The van der Waals surface area contributed by atoms with Crippen molar-refractivity contribution in [1.29, 1.82) is 0 Å². The van der Waals surface area contributed by atoms with E-state index in [4.69, 9.17) is 27.6 Å². The van der Waals surface area contributed by atoms with Crippen molar-refractivity contribution in [3.05, 3.63) is 58.0 Å². The number of nitrogens with zero attached hydrogens (tertiary/aromatic N) is 2. The second kappa shape index (κ2) is 9.65. The Bertz CT molecular complexity index is 934. The summed E-state index contributed by atoms with van der Waals surface area (Å²) in [5.41, 5.74) is 0.817. The average Bonchev–Trinajstić information content (AvgIpc) is 3.31. The molecule has 0 spiro atoms. The largest absolute Gasteiger partial charge is 0.467 e. The molecule has 2 aromatic heterocycles. The van der Waals surface area contributed by atoms with Gasteiger partial charge in [0.15, 0.2) is 4.34 Å². The number of anilines is 1. The summed E-state index contributed by atoms with van der Waals surface area (Å²) in [4.78, 5) is 12.5. The number of nitrogens with one attached hydrogen (secondary N) is 2. The SMILES string of the molecule is C[C@H](Sc1nnc(NCc2ccco2)s1)C(=O)N[C@@H](C)c1ccc(Cl)cc1Cl. The highest BCUT2D eigenvalue weighted by Gasteiger charge is 2.20. The molecule has 0 saturated heterocycles. The van der Waals surface area contributed by atoms with E-state index < -0.39 is 0 Å². The quantitative estimate of drug-likeness (QED) is 0.441. The third-order valence-corrected chi connectivity index (χ3v) is 6.46. The molecular weight excluding hydrogens is 439 g/mol. The maximum atomic E-state index is 12.5. The smallest absolute Gasteiger partial charge is 0.233 e. The Labute approximate surface area is 181 Å². The molecule has 2 N–H and O–H groups in total. The first kappa shape index (κ1) is 21.0. The van der Waals surface area contributed by atoms with Gasteiger partial charge in [-0.15, -0.1) is 10.2 Å². The lowest BCUT2D eigenvalue weighted by molar-refractivity contribution is -0.120. The van der Waals surface area contributed by atoms with E-state index in [9.17, 15) is 4.79 Å². The van der Waals surface area contributed by atoms with Crippen molar-refractivity contribution in [2.24, 2.45) is 0 Å². The van der Waals surface area contributed by atoms with Gasteiger partial charge in [-0.2, -0.15) is 0 Å². The van der Waals surface area contributed by atoms with Gasteiger partial charge in [0.2, 0.25) is 11.0 Å². The molecule has 0 fully saturated rings. The van der Waals surface area contributed by atoms with E-state index in [1.54, 1.807) is 18.4 Å². The highest BCUT2D eigenvalue weighted by atomic mass is 35.5. The molecule has 0 aliphatic carbocycles. The van der Waals surface area contributed by atoms with Crippen molar-refractivity contribution in [3.63, 3.8) is 0 Å². The van der Waals surface area contributed by atoms with Gasteiger partial charge in [0.1, 0.15) is 5.76 Å². The van der Waals surface area contributed by atoms with Crippen LogP contribution in [-0.2, 0) is 11.3 Å². The van der Waals surface area contributed by atoms with E-state index in [0.29, 0.717) is 26.1 Å². The number of aromatic nitrogens is 2. The summed E-state index contributed by atoms with van der Waals surface area (Å²) in [6.07, 6.45) is 1.62. The molecule has 148 valence electrons. The van der Waals surface area contributed by atoms with Crippen LogP contribution in [0, 0.1) is 0 Å². The van der Waals surface area contributed by atoms with Crippen molar-refractivity contribution in [2.75, 3.05) is 5.32 Å². The molecule has 28 heavy (non-hydrogen) atoms. The molecule has 1 amide bonds. The number of hydrogen-bond acceptors (Lipinski definition) is 7. The number of carbonyl (C=O) groups is 1. The third kappa shape index (κ3) is 5.64. The Morgan fingerprint density at radius 3 is 2.82 bits per heavy atom. The molecule has 0 aliphatic rings. The molecule has 0 radical (unpaired) electrons. The van der Waals surface area contributed by atoms with E-state index in [1.807, 2.05) is 32.0 Å². The first-order chi connectivity index (χ1) is 13.4. The lowest BCUT2D eigenvalue weighted by Gasteiger charge is -2.18. The summed E-state index contributed by atoms with van der Waals surface area (Å²) in [6, 6.07) is 8.70. The Morgan fingerprint density at radius 1 is 1.29 bits per heavy atom. The zero-order valence-corrected chi connectivity index (χ0v) is 18.3. The van der Waals surface area contributed by atoms with Gasteiger partial charge in [-0.25, -0.2) is 0 Å². The third-order valence-electron chi connectivity index (χ3n) is 3.83. The second-order valence-corrected chi connectivity index (χ2v) is 9.37. The Morgan fingerprint density at radius 2 is 2.11 bits per heavy atom. The number of rotatable bonds is 8. The molecular formula is C18H18Cl2N4O2S2. The molecule has 6 nitrogen and oxygen atoms in total. The zero-order chi connectivity index (χ0) is 20.1. The first-order valence-electron chi connectivity index (χ1n) is 8.44. The maximum absolute atomic E-state index is 12.5. The molecule has 3 aromatic rings. The van der Waals surface area contributed by atoms with Crippen molar-refractivity contribution >= 4 is 57.3 Å². The van der Waals surface area contributed by atoms with E-state index in [1.165, 1.54) is 23.1 Å². The van der Waals surface area contributed by atoms with Gasteiger partial charge in [0, 0.05) is 10.0 Å². The van der Waals surface area contributed by atoms with Gasteiger partial charge in [-0.1, -0.05) is 52.4 Å². The van der Waals surface area contributed by atoms with Crippen molar-refractivity contribution in [1.82, 2.24) is 15.5 Å². The van der Waals surface area contributed by atoms with Crippen LogP contribution in [0.5, 0.6) is 0 Å². The van der Waals surface area contributed by atoms with Crippen LogP contribution in [0.2, 0.25) is 10.0 Å². The molecule has 1 aromatic carbocycles. The summed E-state index contributed by atoms with van der Waals surface area (Å²) < 4.78 is 5.98. The van der Waals surface area contributed by atoms with Gasteiger partial charge >= 0.3 is 0 Å². The van der Waals surface area contributed by atoms with E-state index in [2.05, 4.69) is 20.8 Å². The van der Waals surface area contributed by atoms with Crippen LogP contribution in [-0.4, -0.2) is 21.4 Å². The molecule has 10 heteroatoms. The summed E-state index contributed by atoms with van der Waals surface area (Å²) >= 11 is 14.9. The molecule has 2 atom stereocenters. The normalized spacial score (nSPS) is 13.1. The van der Waals surface area contributed by atoms with E-state index in [0.717, 1.165) is 11.3 Å². The van der Waals surface area contributed by atoms with Crippen LogP contribution in [0.1, 0.15) is 31.2 Å². The van der Waals surface area contributed by atoms with Gasteiger partial charge in [-0.3, -0.25) is 4.79 Å². The lowest BCUT2D eigenvalue weighted by Crippen LogP contribution is -2.33. The summed E-state index contributed by atoms with van der Waals surface area (Å²) in [6.45, 7) is 4.24. The van der Waals surface area contributed by atoms with E-state index >= 15 is 0 Å². The summed E-state index contributed by atoms with van der Waals surface area (Å²) in [5, 5.41) is 15.8. The van der Waals surface area contributed by atoms with Crippen LogP contribution in [0.15, 0.2) is 45.4 Å². The minimum absolute atomic E-state index is 0.108. The number of furan rings is 1. The fraction of sp³-hybridized carbons (Fsp3) is 0.278. The Hall–Kier alpha value is -1.74. The Kier molecular flexibility index (Phi) is 7.23. The molecule has 0 aliphatic heterocycles. The second-order valence-electron chi connectivity index (χ2n) is 5.96. The number of carbonyl (C=O) groups excluding carboxylic acids is 1. The first-order valence-corrected chi connectivity index (χ1v) is 10.9. The van der Waals surface area contributed by atoms with Gasteiger partial charge in [0.05, 0.1) is 24.1 Å². The molecule has 0 bridgehead atoms. The number of benzene rings is 1. The number of hydrogen-bond donors (Lipinski definition) is 2. The van der Waals surface area contributed by atoms with Crippen molar-refractivity contribution in [2.45, 2.75) is 36.0 Å². The number of halogens is 2. The monoisotopic (exact) mass is 456 g/mol. The summed E-state index contributed by atoms with van der Waals surface area (Å²) in [7, 11) is 0. The molecule has 3 rings (SSSR count). The van der Waals surface area contributed by atoms with Crippen molar-refractivity contribution in [3.8, 4) is 0 Å². The fourth-order valence-electron chi connectivity index (χ4n) is 2.37. The molecule has 0 unspecified atom stereocenters. The van der Waals surface area contributed by atoms with Gasteiger partial charge < -0.3 is 15.1 Å². The zero-order valence-electron chi connectivity index (χ0n) is 15.1. The van der Waals surface area contributed by atoms with Crippen molar-refractivity contribution < 1.29 is 9.21 Å². The van der Waals surface area contributed by atoms with Crippen LogP contribution in [0.25, 0.3) is 0 Å². The highest BCUT2D eigenvalue weighted by Crippen LogP contribution is 2.30. The highest BCUT2D eigenvalue weighted by molar-refractivity contribution is 8.02. The standard InChI is InChI=1S/C18H18Cl2N4O2S2/c1-10(14-6-5-12(19)8-15(14)20)22-16(25)11(2)27-18-24-23-17(28-18)21-9-13-4-3-7-26-13/h3-8,10-11H,9H2,1-2H3,(H,21,23)(H,22,25)/t10-,11-/m0/s1. The Balaban J connectivity index is 1.52. The van der Waals surface area contributed by atoms with Crippen LogP contribution >= 0.6 is 46.3 Å². The molecule has 2 heterocycles. The average molecular weight is 457 g/mol. The van der Waals surface area contributed by atoms with E-state index in [-0.39, 0.29) is 17.2 Å². The minimum Gasteiger partial charge on any atom is -0.467 e. The molecule has 0 saturated carbocycles. The van der Waals surface area contributed by atoms with Gasteiger partial charge in [-0.05, 0) is 43.7 Å². The predicted octanol–water partition coefficient (Wildman–Crippen LogP) is 5.41. The van der Waals surface area contributed by atoms with Crippen LogP contribution in [0.4, 0.5) is 5.13 Å². The van der Waals surface area contributed by atoms with Crippen LogP contribution in [0.3, 0.4) is 0 Å². The van der Waals surface area contributed by atoms with Crippen LogP contribution < -0.4 is 10.6 Å². The number of thioether (sulfide) groups is 1. The fourth-order valence-corrected chi connectivity index (χ4v) is 4.84. The number of amides is 1. The topological polar surface area (TPSA) is 80.1 Å². The maximum Gasteiger partial charge on any atom is 0.233 e. The minimum atomic E-state index is -0.334. The van der Waals surface area contributed by atoms with Gasteiger partial charge in [0.25, 0.3) is 0 Å². The summed E-state index contributed by atoms with van der Waals surface area (Å²) in [5.74, 6) is 0.704. The predicted molar refractivity (Wildman–Crippen MR) is 114 cm³/mol.